The third-order valence-electron chi connectivity index (χ3n) is 2.20. The molecule has 1 aromatic rings. The smallest absolute Gasteiger partial charge is 0.258 e. The van der Waals surface area contributed by atoms with Crippen molar-refractivity contribution in [3.05, 3.63) is 28.8 Å². The topological polar surface area (TPSA) is 50.4 Å². The number of halogens is 1. The van der Waals surface area contributed by atoms with E-state index in [0.29, 0.717) is 17.3 Å². The van der Waals surface area contributed by atoms with Gasteiger partial charge in [0.05, 0.1) is 0 Å². The molecule has 18 heavy (non-hydrogen) atoms. The van der Waals surface area contributed by atoms with E-state index in [1.807, 2.05) is 27.0 Å². The molecule has 4 nitrogen and oxygen atoms in total. The molecule has 0 atom stereocenters. The van der Waals surface area contributed by atoms with Gasteiger partial charge in [-0.05, 0) is 39.1 Å². The molecule has 100 valence electrons. The number of carbonyl (C=O) groups excluding carboxylic acids is 1. The number of ether oxygens (including phenoxy) is 1. The van der Waals surface area contributed by atoms with Crippen molar-refractivity contribution < 1.29 is 9.53 Å². The molecular formula is C13H19ClN2O2. The summed E-state index contributed by atoms with van der Waals surface area (Å²) in [7, 11) is 1.84. The fourth-order valence-electron chi connectivity index (χ4n) is 1.52. The Balaban J connectivity index is 2.63. The Kier molecular flexibility index (Phi) is 5.95. The van der Waals surface area contributed by atoms with E-state index in [9.17, 15) is 4.79 Å². The highest BCUT2D eigenvalue weighted by atomic mass is 35.5. The highest BCUT2D eigenvalue weighted by Crippen LogP contribution is 2.22. The first-order valence-electron chi connectivity index (χ1n) is 5.88. The maximum atomic E-state index is 11.5. The van der Waals surface area contributed by atoms with Gasteiger partial charge < -0.3 is 15.4 Å². The first kappa shape index (κ1) is 14.8. The molecule has 0 saturated carbocycles. The summed E-state index contributed by atoms with van der Waals surface area (Å²) in [5.41, 5.74) is 0.933. The minimum Gasteiger partial charge on any atom is -0.483 e. The molecule has 0 heterocycles. The largest absolute Gasteiger partial charge is 0.483 e. The summed E-state index contributed by atoms with van der Waals surface area (Å²) in [6.45, 7) is 4.47. The Morgan fingerprint density at radius 1 is 1.44 bits per heavy atom. The third kappa shape index (κ3) is 4.94. The lowest BCUT2D eigenvalue weighted by Crippen LogP contribution is -2.34. The fourth-order valence-corrected chi connectivity index (χ4v) is 1.72. The van der Waals surface area contributed by atoms with Crippen molar-refractivity contribution in [3.63, 3.8) is 0 Å². The fraction of sp³-hybridized carbons (Fsp3) is 0.462. The average Bonchev–Trinajstić information content (AvgIpc) is 2.27. The summed E-state index contributed by atoms with van der Waals surface area (Å²) in [6.07, 6.45) is 0. The molecule has 0 saturated heterocycles. The van der Waals surface area contributed by atoms with Gasteiger partial charge in [-0.3, -0.25) is 4.79 Å². The van der Waals surface area contributed by atoms with E-state index in [0.717, 1.165) is 5.56 Å². The second kappa shape index (κ2) is 7.24. The average molecular weight is 271 g/mol. The number of amides is 1. The highest BCUT2D eigenvalue weighted by molar-refractivity contribution is 6.30. The standard InChI is InChI=1S/C13H19ClN2O2/c1-9(2)16-13(17)8-18-12-5-4-11(14)6-10(12)7-15-3/h4-6,9,15H,7-8H2,1-3H3,(H,16,17). The molecule has 0 aliphatic rings. The van der Waals surface area contributed by atoms with Gasteiger partial charge in [-0.1, -0.05) is 11.6 Å². The summed E-state index contributed by atoms with van der Waals surface area (Å²) in [4.78, 5) is 11.5. The SMILES string of the molecule is CNCc1cc(Cl)ccc1OCC(=O)NC(C)C. The van der Waals surface area contributed by atoms with Crippen LogP contribution in [-0.2, 0) is 11.3 Å². The molecular weight excluding hydrogens is 252 g/mol. The molecule has 0 spiro atoms. The zero-order valence-corrected chi connectivity index (χ0v) is 11.7. The molecule has 5 heteroatoms. The van der Waals surface area contributed by atoms with Crippen molar-refractivity contribution in [3.8, 4) is 5.75 Å². The number of nitrogens with one attached hydrogen (secondary N) is 2. The molecule has 0 radical (unpaired) electrons. The van der Waals surface area contributed by atoms with Gasteiger partial charge in [-0.15, -0.1) is 0 Å². The van der Waals surface area contributed by atoms with Gasteiger partial charge in [0.25, 0.3) is 5.91 Å². The van der Waals surface area contributed by atoms with Crippen LogP contribution in [0.2, 0.25) is 5.02 Å². The van der Waals surface area contributed by atoms with Gasteiger partial charge in [0.2, 0.25) is 0 Å². The van der Waals surface area contributed by atoms with Crippen LogP contribution >= 0.6 is 11.6 Å². The Bertz CT molecular complexity index is 408. The number of rotatable bonds is 6. The minimum atomic E-state index is -0.129. The number of carbonyl (C=O) groups is 1. The predicted octanol–water partition coefficient (Wildman–Crippen LogP) is 1.96. The van der Waals surface area contributed by atoms with Crippen molar-refractivity contribution in [1.29, 1.82) is 0 Å². The molecule has 1 aromatic carbocycles. The maximum Gasteiger partial charge on any atom is 0.258 e. The van der Waals surface area contributed by atoms with Crippen molar-refractivity contribution in [2.24, 2.45) is 0 Å². The van der Waals surface area contributed by atoms with Crippen LogP contribution in [0, 0.1) is 0 Å². The van der Waals surface area contributed by atoms with Crippen LogP contribution in [0.15, 0.2) is 18.2 Å². The van der Waals surface area contributed by atoms with Crippen LogP contribution in [0.1, 0.15) is 19.4 Å². The molecule has 1 amide bonds. The Morgan fingerprint density at radius 2 is 2.17 bits per heavy atom. The van der Waals surface area contributed by atoms with Gasteiger partial charge in [0, 0.05) is 23.2 Å². The molecule has 2 N–H and O–H groups in total. The highest BCUT2D eigenvalue weighted by Gasteiger charge is 2.08. The lowest BCUT2D eigenvalue weighted by atomic mass is 10.2. The second-order valence-corrected chi connectivity index (χ2v) is 4.73. The molecule has 0 aliphatic carbocycles. The lowest BCUT2D eigenvalue weighted by Gasteiger charge is -2.13. The van der Waals surface area contributed by atoms with Gasteiger partial charge in [0.15, 0.2) is 6.61 Å². The van der Waals surface area contributed by atoms with E-state index in [2.05, 4.69) is 10.6 Å². The molecule has 0 fully saturated rings. The quantitative estimate of drug-likeness (QED) is 0.831. The van der Waals surface area contributed by atoms with Crippen LogP contribution in [0.25, 0.3) is 0 Å². The van der Waals surface area contributed by atoms with Crippen molar-refractivity contribution in [2.75, 3.05) is 13.7 Å². The molecule has 1 rings (SSSR count). The summed E-state index contributed by atoms with van der Waals surface area (Å²) in [5.74, 6) is 0.544. The van der Waals surface area contributed by atoms with Gasteiger partial charge in [-0.2, -0.15) is 0 Å². The van der Waals surface area contributed by atoms with Crippen LogP contribution < -0.4 is 15.4 Å². The van der Waals surface area contributed by atoms with E-state index in [-0.39, 0.29) is 18.6 Å². The lowest BCUT2D eigenvalue weighted by molar-refractivity contribution is -0.123. The number of benzene rings is 1. The summed E-state index contributed by atoms with van der Waals surface area (Å²) >= 11 is 5.92. The van der Waals surface area contributed by atoms with Gasteiger partial charge >= 0.3 is 0 Å². The third-order valence-corrected chi connectivity index (χ3v) is 2.43. The maximum absolute atomic E-state index is 11.5. The zero-order chi connectivity index (χ0) is 13.5. The molecule has 0 unspecified atom stereocenters. The van der Waals surface area contributed by atoms with Crippen LogP contribution in [-0.4, -0.2) is 25.6 Å². The minimum absolute atomic E-state index is 0.0104. The van der Waals surface area contributed by atoms with E-state index < -0.39 is 0 Å². The van der Waals surface area contributed by atoms with E-state index in [1.165, 1.54) is 0 Å². The Hall–Kier alpha value is -1.26. The van der Waals surface area contributed by atoms with E-state index in [4.69, 9.17) is 16.3 Å². The molecule has 0 bridgehead atoms. The Labute approximate surface area is 113 Å². The first-order chi connectivity index (χ1) is 8.52. The monoisotopic (exact) mass is 270 g/mol. The van der Waals surface area contributed by atoms with E-state index >= 15 is 0 Å². The van der Waals surface area contributed by atoms with Gasteiger partial charge in [0.1, 0.15) is 5.75 Å². The van der Waals surface area contributed by atoms with E-state index in [1.54, 1.807) is 12.1 Å². The molecule has 0 aromatic heterocycles. The van der Waals surface area contributed by atoms with Crippen LogP contribution in [0.3, 0.4) is 0 Å². The first-order valence-corrected chi connectivity index (χ1v) is 6.26. The normalized spacial score (nSPS) is 10.5. The van der Waals surface area contributed by atoms with Crippen LogP contribution in [0.4, 0.5) is 0 Å². The van der Waals surface area contributed by atoms with Crippen molar-refractivity contribution in [1.82, 2.24) is 10.6 Å². The van der Waals surface area contributed by atoms with Crippen molar-refractivity contribution >= 4 is 17.5 Å². The van der Waals surface area contributed by atoms with Crippen molar-refractivity contribution in [2.45, 2.75) is 26.4 Å². The molecule has 0 aliphatic heterocycles. The summed E-state index contributed by atoms with van der Waals surface area (Å²) < 4.78 is 5.50. The summed E-state index contributed by atoms with van der Waals surface area (Å²) in [5, 5.41) is 6.45. The number of hydrogen-bond donors (Lipinski definition) is 2. The summed E-state index contributed by atoms with van der Waals surface area (Å²) in [6, 6.07) is 5.46. The van der Waals surface area contributed by atoms with Crippen LogP contribution in [0.5, 0.6) is 5.75 Å². The zero-order valence-electron chi connectivity index (χ0n) is 10.9. The Morgan fingerprint density at radius 3 is 2.78 bits per heavy atom. The van der Waals surface area contributed by atoms with Gasteiger partial charge in [-0.25, -0.2) is 0 Å². The predicted molar refractivity (Wildman–Crippen MR) is 73.0 cm³/mol. The second-order valence-electron chi connectivity index (χ2n) is 4.29. The number of hydrogen-bond acceptors (Lipinski definition) is 3.